The first kappa shape index (κ1) is 12.5. The Kier molecular flexibility index (Phi) is 3.43. The highest BCUT2D eigenvalue weighted by Gasteiger charge is 2.50. The van der Waals surface area contributed by atoms with Gasteiger partial charge in [0.25, 0.3) is 0 Å². The third-order valence-corrected chi connectivity index (χ3v) is 3.07. The highest BCUT2D eigenvalue weighted by molar-refractivity contribution is 6.51. The molecule has 1 saturated heterocycles. The maximum atomic E-state index is 9.00. The molecule has 1 aliphatic heterocycles. The normalized spacial score (nSPS) is 24.3. The Hall–Kier alpha value is -0.575. The van der Waals surface area contributed by atoms with Crippen molar-refractivity contribution in [3.63, 3.8) is 0 Å². The first-order chi connectivity index (χ1) is 6.82. The molecule has 1 aliphatic rings. The summed E-state index contributed by atoms with van der Waals surface area (Å²) < 4.78 is 11.5. The predicted molar refractivity (Wildman–Crippen MR) is 61.4 cm³/mol. The van der Waals surface area contributed by atoms with Crippen molar-refractivity contribution < 1.29 is 14.4 Å². The zero-order valence-corrected chi connectivity index (χ0v) is 9.91. The topological polar surface area (TPSA) is 38.7 Å². The van der Waals surface area contributed by atoms with Gasteiger partial charge in [-0.1, -0.05) is 12.7 Å². The number of hydrogen-bond acceptors (Lipinski definition) is 3. The van der Waals surface area contributed by atoms with Crippen molar-refractivity contribution in [1.82, 2.24) is 0 Å². The molecule has 4 heteroatoms. The van der Waals surface area contributed by atoms with Gasteiger partial charge in [-0.25, -0.2) is 0 Å². The van der Waals surface area contributed by atoms with Gasteiger partial charge < -0.3 is 14.4 Å². The van der Waals surface area contributed by atoms with E-state index in [1.807, 2.05) is 27.7 Å². The number of rotatable bonds is 3. The van der Waals surface area contributed by atoms with E-state index in [2.05, 4.69) is 6.58 Å². The molecule has 0 aromatic heterocycles. The molecule has 0 aromatic carbocycles. The second kappa shape index (κ2) is 4.12. The van der Waals surface area contributed by atoms with Crippen LogP contribution in [-0.2, 0) is 9.31 Å². The zero-order chi connectivity index (χ0) is 11.7. The van der Waals surface area contributed by atoms with Crippen molar-refractivity contribution in [2.24, 2.45) is 0 Å². The summed E-state index contributed by atoms with van der Waals surface area (Å²) >= 11 is 0. The van der Waals surface area contributed by atoms with Gasteiger partial charge >= 0.3 is 7.12 Å². The van der Waals surface area contributed by atoms with Gasteiger partial charge in [-0.05, 0) is 39.2 Å². The van der Waals surface area contributed by atoms with E-state index in [0.717, 1.165) is 0 Å². The minimum Gasteiger partial charge on any atom is -0.400 e. The molecule has 0 spiro atoms. The van der Waals surface area contributed by atoms with Crippen LogP contribution in [0.2, 0.25) is 0 Å². The smallest absolute Gasteiger partial charge is 0.400 e. The van der Waals surface area contributed by atoms with Gasteiger partial charge in [0.2, 0.25) is 0 Å². The average Bonchev–Trinajstić information content (AvgIpc) is 2.31. The number of aliphatic hydroxyl groups excluding tert-OH is 1. The molecule has 0 bridgehead atoms. The lowest BCUT2D eigenvalue weighted by Crippen LogP contribution is -2.41. The van der Waals surface area contributed by atoms with Gasteiger partial charge in [-0.2, -0.15) is 0 Å². The van der Waals surface area contributed by atoms with Crippen molar-refractivity contribution in [3.05, 3.63) is 24.2 Å². The summed E-state index contributed by atoms with van der Waals surface area (Å²) in [6, 6.07) is 0. The number of hydrogen-bond donors (Lipinski definition) is 1. The van der Waals surface area contributed by atoms with Gasteiger partial charge in [0, 0.05) is 0 Å². The molecule has 1 fully saturated rings. The highest BCUT2D eigenvalue weighted by atomic mass is 16.7. The lowest BCUT2D eigenvalue weighted by atomic mass is 9.87. The molecule has 0 radical (unpaired) electrons. The lowest BCUT2D eigenvalue weighted by Gasteiger charge is -2.32. The summed E-state index contributed by atoms with van der Waals surface area (Å²) in [5, 5.41) is 9.00. The Labute approximate surface area is 91.9 Å². The van der Waals surface area contributed by atoms with Crippen LogP contribution < -0.4 is 0 Å². The second-order valence-corrected chi connectivity index (χ2v) is 4.73. The fourth-order valence-corrected chi connectivity index (χ4v) is 1.32. The van der Waals surface area contributed by atoms with Gasteiger partial charge in [-0.15, -0.1) is 0 Å². The van der Waals surface area contributed by atoms with Crippen LogP contribution >= 0.6 is 0 Å². The number of aliphatic hydroxyl groups is 1. The first-order valence-electron chi connectivity index (χ1n) is 5.12. The van der Waals surface area contributed by atoms with E-state index in [0.29, 0.717) is 5.57 Å². The van der Waals surface area contributed by atoms with Gasteiger partial charge in [0.05, 0.1) is 17.8 Å². The van der Waals surface area contributed by atoms with Crippen LogP contribution in [0.1, 0.15) is 27.7 Å². The van der Waals surface area contributed by atoms with Crippen molar-refractivity contribution in [1.29, 1.82) is 0 Å². The Balaban J connectivity index is 2.79. The third-order valence-electron chi connectivity index (χ3n) is 3.07. The molecule has 84 valence electrons. The molecule has 0 atom stereocenters. The Bertz CT molecular complexity index is 266. The SMILES string of the molecule is C=C/C(=C\B1OC(C)(C)C(C)(C)O1)CO. The van der Waals surface area contributed by atoms with Crippen LogP contribution in [0.4, 0.5) is 0 Å². The molecular formula is C11H19BO3. The highest BCUT2D eigenvalue weighted by Crippen LogP contribution is 2.37. The Morgan fingerprint density at radius 3 is 2.07 bits per heavy atom. The van der Waals surface area contributed by atoms with Crippen molar-refractivity contribution >= 4 is 7.12 Å². The van der Waals surface area contributed by atoms with Crippen LogP contribution in [-0.4, -0.2) is 30.0 Å². The second-order valence-electron chi connectivity index (χ2n) is 4.73. The van der Waals surface area contributed by atoms with Crippen LogP contribution in [0.5, 0.6) is 0 Å². The Morgan fingerprint density at radius 1 is 1.27 bits per heavy atom. The summed E-state index contributed by atoms with van der Waals surface area (Å²) in [7, 11) is -0.407. The average molecular weight is 210 g/mol. The third kappa shape index (κ3) is 2.51. The summed E-state index contributed by atoms with van der Waals surface area (Å²) in [5.74, 6) is 1.75. The fourth-order valence-electron chi connectivity index (χ4n) is 1.32. The van der Waals surface area contributed by atoms with E-state index in [4.69, 9.17) is 14.4 Å². The molecule has 0 amide bonds. The molecule has 1 N–H and O–H groups in total. The van der Waals surface area contributed by atoms with Gasteiger partial charge in [0.1, 0.15) is 0 Å². The molecule has 1 rings (SSSR count). The monoisotopic (exact) mass is 210 g/mol. The molecule has 1 heterocycles. The van der Waals surface area contributed by atoms with E-state index in [1.54, 1.807) is 12.1 Å². The Morgan fingerprint density at radius 2 is 1.73 bits per heavy atom. The van der Waals surface area contributed by atoms with Crippen molar-refractivity contribution in [3.8, 4) is 0 Å². The molecule has 0 aromatic rings. The minimum atomic E-state index is -0.407. The predicted octanol–water partition coefficient (Wildman–Crippen LogP) is 1.72. The van der Waals surface area contributed by atoms with E-state index in [1.165, 1.54) is 0 Å². The summed E-state index contributed by atoms with van der Waals surface area (Å²) in [6.45, 7) is 11.5. The van der Waals surface area contributed by atoms with E-state index < -0.39 is 7.12 Å². The van der Waals surface area contributed by atoms with E-state index in [-0.39, 0.29) is 17.8 Å². The molecule has 3 nitrogen and oxygen atoms in total. The van der Waals surface area contributed by atoms with Gasteiger partial charge in [0.15, 0.2) is 0 Å². The van der Waals surface area contributed by atoms with Crippen LogP contribution in [0, 0.1) is 0 Å². The standard InChI is InChI=1S/C11H19BO3/c1-6-9(8-13)7-12-14-10(2,3)11(4,5)15-12/h6-7,13H,1,8H2,2-5H3/b9-7+. The molecule has 0 aliphatic carbocycles. The maximum Gasteiger partial charge on any atom is 0.487 e. The van der Waals surface area contributed by atoms with Crippen molar-refractivity contribution in [2.75, 3.05) is 6.61 Å². The molecule has 0 unspecified atom stereocenters. The minimum absolute atomic E-state index is 0.0480. The summed E-state index contributed by atoms with van der Waals surface area (Å²) in [6.07, 6.45) is 1.60. The van der Waals surface area contributed by atoms with Crippen LogP contribution in [0.25, 0.3) is 0 Å². The van der Waals surface area contributed by atoms with Gasteiger partial charge in [-0.3, -0.25) is 0 Å². The maximum absolute atomic E-state index is 9.00. The van der Waals surface area contributed by atoms with Crippen molar-refractivity contribution in [2.45, 2.75) is 38.9 Å². The molecule has 0 saturated carbocycles. The van der Waals surface area contributed by atoms with E-state index >= 15 is 0 Å². The molecular weight excluding hydrogens is 191 g/mol. The molecule has 15 heavy (non-hydrogen) atoms. The lowest BCUT2D eigenvalue weighted by molar-refractivity contribution is 0.00578. The van der Waals surface area contributed by atoms with Crippen LogP contribution in [0.15, 0.2) is 24.2 Å². The van der Waals surface area contributed by atoms with E-state index in [9.17, 15) is 0 Å². The first-order valence-corrected chi connectivity index (χ1v) is 5.12. The van der Waals surface area contributed by atoms with Crippen LogP contribution in [0.3, 0.4) is 0 Å². The fraction of sp³-hybridized carbons (Fsp3) is 0.636. The zero-order valence-electron chi connectivity index (χ0n) is 9.91. The summed E-state index contributed by atoms with van der Waals surface area (Å²) in [4.78, 5) is 0. The summed E-state index contributed by atoms with van der Waals surface area (Å²) in [5.41, 5.74) is 0.0414. The quantitative estimate of drug-likeness (QED) is 0.569. The largest absolute Gasteiger partial charge is 0.487 e.